The van der Waals surface area contributed by atoms with Crippen molar-refractivity contribution >= 4 is 11.3 Å². The minimum atomic E-state index is -0.710. The maximum atomic E-state index is 8.80. The third-order valence-electron chi connectivity index (χ3n) is 0.993. The van der Waals surface area contributed by atoms with E-state index in [0.29, 0.717) is 0 Å². The van der Waals surface area contributed by atoms with E-state index in [-0.39, 0.29) is 0 Å². The summed E-state index contributed by atoms with van der Waals surface area (Å²) in [5.41, 5.74) is 1.17. The molecule has 2 nitrogen and oxygen atoms in total. The van der Waals surface area contributed by atoms with E-state index < -0.39 is 6.29 Å². The van der Waals surface area contributed by atoms with Gasteiger partial charge >= 0.3 is 0 Å². The molecule has 56 valence electrons. The number of aliphatic hydroxyl groups is 1. The molecule has 0 aliphatic carbocycles. The third-order valence-corrected chi connectivity index (χ3v) is 1.93. The summed E-state index contributed by atoms with van der Waals surface area (Å²) in [6.45, 7) is 3.58. The molecule has 0 fully saturated rings. The van der Waals surface area contributed by atoms with Crippen molar-refractivity contribution in [2.75, 3.05) is 0 Å². The highest BCUT2D eigenvalue weighted by Gasteiger charge is 1.99. The number of rotatable bonds is 2. The zero-order valence-electron chi connectivity index (χ0n) is 6.00. The van der Waals surface area contributed by atoms with Gasteiger partial charge in [-0.2, -0.15) is 0 Å². The second-order valence-electron chi connectivity index (χ2n) is 2.16. The van der Waals surface area contributed by atoms with E-state index >= 15 is 0 Å². The van der Waals surface area contributed by atoms with Gasteiger partial charge in [0.1, 0.15) is 0 Å². The lowest BCUT2D eigenvalue weighted by atomic mass is 10.4. The van der Waals surface area contributed by atoms with Gasteiger partial charge in [-0.15, -0.1) is 11.3 Å². The van der Waals surface area contributed by atoms with Crippen molar-refractivity contribution in [2.45, 2.75) is 20.1 Å². The number of aliphatic hydroxyl groups excluding tert-OH is 1. The van der Waals surface area contributed by atoms with Gasteiger partial charge in [-0.1, -0.05) is 0 Å². The second-order valence-corrected chi connectivity index (χ2v) is 3.03. The summed E-state index contributed by atoms with van der Waals surface area (Å²) < 4.78 is 5.01. The Morgan fingerprint density at radius 1 is 1.70 bits per heavy atom. The molecule has 1 rings (SSSR count). The summed E-state index contributed by atoms with van der Waals surface area (Å²) >= 11 is 1.50. The highest BCUT2D eigenvalue weighted by molar-refractivity contribution is 7.12. The smallest absolute Gasteiger partial charge is 0.195 e. The predicted octanol–water partition coefficient (Wildman–Crippen LogP) is 1.77. The summed E-state index contributed by atoms with van der Waals surface area (Å²) in [4.78, 5) is 0. The molecule has 0 spiro atoms. The van der Waals surface area contributed by atoms with Crippen LogP contribution in [0.3, 0.4) is 0 Å². The highest BCUT2D eigenvalue weighted by atomic mass is 32.1. The largest absolute Gasteiger partial charge is 0.456 e. The molecule has 0 bridgehead atoms. The van der Waals surface area contributed by atoms with Crippen LogP contribution in [0.4, 0.5) is 0 Å². The molecular formula is C7H10O2S. The third kappa shape index (κ3) is 2.01. The summed E-state index contributed by atoms with van der Waals surface area (Å²) in [5.74, 6) is 0. The Kier molecular flexibility index (Phi) is 2.29. The first-order valence-electron chi connectivity index (χ1n) is 3.08. The number of hydrogen-bond acceptors (Lipinski definition) is 3. The number of ether oxygens (including phenoxy) is 1. The minimum absolute atomic E-state index is 0.710. The molecule has 0 radical (unpaired) electrons. The van der Waals surface area contributed by atoms with Crippen molar-refractivity contribution < 1.29 is 9.84 Å². The first kappa shape index (κ1) is 7.57. The Morgan fingerprint density at radius 3 is 2.80 bits per heavy atom. The van der Waals surface area contributed by atoms with Crippen LogP contribution in [-0.4, -0.2) is 11.4 Å². The van der Waals surface area contributed by atoms with Crippen LogP contribution < -0.4 is 4.74 Å². The van der Waals surface area contributed by atoms with Crippen LogP contribution in [0.5, 0.6) is 5.06 Å². The standard InChI is InChI=1S/C7H10O2S/c1-5-3-7(10-4-5)9-6(2)8/h3-4,6,8H,1-2H3. The first-order chi connectivity index (χ1) is 4.68. The van der Waals surface area contributed by atoms with Crippen LogP contribution in [-0.2, 0) is 0 Å². The molecule has 1 heterocycles. The fourth-order valence-corrected chi connectivity index (χ4v) is 1.45. The van der Waals surface area contributed by atoms with E-state index in [1.807, 2.05) is 18.4 Å². The van der Waals surface area contributed by atoms with Crippen molar-refractivity contribution in [3.8, 4) is 5.06 Å². The van der Waals surface area contributed by atoms with Gasteiger partial charge in [-0.05, 0) is 30.9 Å². The number of thiophene rings is 1. The van der Waals surface area contributed by atoms with Crippen molar-refractivity contribution in [1.82, 2.24) is 0 Å². The maximum Gasteiger partial charge on any atom is 0.195 e. The van der Waals surface area contributed by atoms with E-state index in [0.717, 1.165) is 5.06 Å². The maximum absolute atomic E-state index is 8.80. The molecule has 0 aliphatic heterocycles. The van der Waals surface area contributed by atoms with E-state index in [1.165, 1.54) is 16.9 Å². The van der Waals surface area contributed by atoms with Crippen LogP contribution in [0.15, 0.2) is 11.4 Å². The van der Waals surface area contributed by atoms with Gasteiger partial charge in [0.15, 0.2) is 11.4 Å². The molecule has 0 amide bonds. The average molecular weight is 158 g/mol. The van der Waals surface area contributed by atoms with E-state index in [2.05, 4.69) is 0 Å². The quantitative estimate of drug-likeness (QED) is 0.665. The molecule has 1 atom stereocenters. The lowest BCUT2D eigenvalue weighted by molar-refractivity contribution is 0.00262. The van der Waals surface area contributed by atoms with Gasteiger partial charge in [-0.25, -0.2) is 0 Å². The molecule has 0 aromatic carbocycles. The van der Waals surface area contributed by atoms with Gasteiger partial charge in [0.05, 0.1) is 0 Å². The molecule has 1 aromatic rings. The monoisotopic (exact) mass is 158 g/mol. The molecule has 1 N–H and O–H groups in total. The molecule has 1 unspecified atom stereocenters. The predicted molar refractivity (Wildman–Crippen MR) is 41.4 cm³/mol. The topological polar surface area (TPSA) is 29.5 Å². The van der Waals surface area contributed by atoms with Crippen molar-refractivity contribution in [3.63, 3.8) is 0 Å². The molecule has 0 aliphatic rings. The Labute approximate surface area is 64.1 Å². The van der Waals surface area contributed by atoms with Crippen LogP contribution in [0, 0.1) is 6.92 Å². The summed E-state index contributed by atoms with van der Waals surface area (Å²) in [6.07, 6.45) is -0.710. The summed E-state index contributed by atoms with van der Waals surface area (Å²) in [7, 11) is 0. The zero-order valence-corrected chi connectivity index (χ0v) is 6.81. The summed E-state index contributed by atoms with van der Waals surface area (Å²) in [6, 6.07) is 1.90. The SMILES string of the molecule is Cc1csc(OC(C)O)c1. The first-order valence-corrected chi connectivity index (χ1v) is 3.96. The Hall–Kier alpha value is -0.540. The fourth-order valence-electron chi connectivity index (χ4n) is 0.635. The van der Waals surface area contributed by atoms with Gasteiger partial charge in [0.25, 0.3) is 0 Å². The van der Waals surface area contributed by atoms with Crippen molar-refractivity contribution in [3.05, 3.63) is 17.0 Å². The van der Waals surface area contributed by atoms with Gasteiger partial charge < -0.3 is 9.84 Å². The molecule has 3 heteroatoms. The Morgan fingerprint density at radius 2 is 2.40 bits per heavy atom. The molecule has 10 heavy (non-hydrogen) atoms. The molecule has 0 saturated heterocycles. The lowest BCUT2D eigenvalue weighted by Crippen LogP contribution is -2.08. The zero-order chi connectivity index (χ0) is 7.56. The van der Waals surface area contributed by atoms with E-state index in [1.54, 1.807) is 6.92 Å². The van der Waals surface area contributed by atoms with Crippen LogP contribution in [0.2, 0.25) is 0 Å². The summed E-state index contributed by atoms with van der Waals surface area (Å²) in [5, 5.41) is 11.6. The van der Waals surface area contributed by atoms with Gasteiger partial charge in [0, 0.05) is 0 Å². The molecular weight excluding hydrogens is 148 g/mol. The van der Waals surface area contributed by atoms with Crippen molar-refractivity contribution in [2.24, 2.45) is 0 Å². The van der Waals surface area contributed by atoms with E-state index in [9.17, 15) is 0 Å². The average Bonchev–Trinajstić information content (AvgIpc) is 2.13. The van der Waals surface area contributed by atoms with Crippen LogP contribution in [0.1, 0.15) is 12.5 Å². The number of aryl methyl sites for hydroxylation is 1. The second kappa shape index (κ2) is 3.03. The Bertz CT molecular complexity index is 205. The normalized spacial score (nSPS) is 13.1. The van der Waals surface area contributed by atoms with Crippen molar-refractivity contribution in [1.29, 1.82) is 0 Å². The Balaban J connectivity index is 2.58. The number of hydrogen-bond donors (Lipinski definition) is 1. The van der Waals surface area contributed by atoms with Gasteiger partial charge in [-0.3, -0.25) is 0 Å². The van der Waals surface area contributed by atoms with E-state index in [4.69, 9.17) is 9.84 Å². The highest BCUT2D eigenvalue weighted by Crippen LogP contribution is 2.22. The van der Waals surface area contributed by atoms with Crippen LogP contribution >= 0.6 is 11.3 Å². The fraction of sp³-hybridized carbons (Fsp3) is 0.429. The minimum Gasteiger partial charge on any atom is -0.456 e. The molecule has 1 aromatic heterocycles. The van der Waals surface area contributed by atoms with Crippen LogP contribution in [0.25, 0.3) is 0 Å². The molecule has 0 saturated carbocycles. The van der Waals surface area contributed by atoms with Gasteiger partial charge in [0.2, 0.25) is 0 Å². The lowest BCUT2D eigenvalue weighted by Gasteiger charge is -2.03.